The van der Waals surface area contributed by atoms with E-state index < -0.39 is 36.1 Å². The highest BCUT2D eigenvalue weighted by Gasteiger charge is 2.44. The van der Waals surface area contributed by atoms with Crippen molar-refractivity contribution in [2.75, 3.05) is 46.3 Å². The summed E-state index contributed by atoms with van der Waals surface area (Å²) < 4.78 is 19.1. The summed E-state index contributed by atoms with van der Waals surface area (Å²) in [6.45, 7) is 0.564. The normalized spacial score (nSPS) is 18.4. The Morgan fingerprint density at radius 1 is 0.939 bits per heavy atom. The number of methoxy groups -OCH3 is 3. The Hall–Kier alpha value is -3.83. The number of urea groups is 1. The molecule has 1 aromatic carbocycles. The molecule has 1 aromatic rings. The number of hydrogen-bond donors (Lipinski definition) is 1. The number of cyclic esters (lactones) is 1. The van der Waals surface area contributed by atoms with Gasteiger partial charge in [0.2, 0.25) is 0 Å². The second-order valence-electron chi connectivity index (χ2n) is 7.45. The third kappa shape index (κ3) is 5.16. The van der Waals surface area contributed by atoms with Crippen LogP contribution in [0.2, 0.25) is 0 Å². The number of carbonyl (C=O) groups is 5. The fraction of sp³-hybridized carbons (Fsp3) is 0.476. The van der Waals surface area contributed by atoms with Crippen LogP contribution in [0.15, 0.2) is 18.2 Å². The highest BCUT2D eigenvalue weighted by atomic mass is 16.6. The van der Waals surface area contributed by atoms with Crippen molar-refractivity contribution in [1.82, 2.24) is 9.80 Å². The molecule has 0 unspecified atom stereocenters. The Bertz CT molecular complexity index is 922. The van der Waals surface area contributed by atoms with Gasteiger partial charge < -0.3 is 29.2 Å². The fourth-order valence-corrected chi connectivity index (χ4v) is 3.87. The van der Waals surface area contributed by atoms with Crippen LogP contribution in [0, 0.1) is 0 Å². The Morgan fingerprint density at radius 3 is 2.03 bits per heavy atom. The molecule has 33 heavy (non-hydrogen) atoms. The van der Waals surface area contributed by atoms with E-state index in [1.54, 1.807) is 0 Å². The predicted molar refractivity (Wildman–Crippen MR) is 112 cm³/mol. The van der Waals surface area contributed by atoms with Gasteiger partial charge in [-0.15, -0.1) is 0 Å². The largest absolute Gasteiger partial charge is 0.467 e. The minimum absolute atomic E-state index is 0.0642. The van der Waals surface area contributed by atoms with E-state index in [1.165, 1.54) is 49.3 Å². The second-order valence-corrected chi connectivity index (χ2v) is 7.45. The molecule has 1 N–H and O–H groups in total. The number of amides is 3. The number of rotatable bonds is 5. The zero-order valence-corrected chi connectivity index (χ0v) is 18.5. The molecule has 12 nitrogen and oxygen atoms in total. The van der Waals surface area contributed by atoms with E-state index in [4.69, 9.17) is 18.9 Å². The number of hydrogen-bond acceptors (Lipinski definition) is 9. The highest BCUT2D eigenvalue weighted by molar-refractivity contribution is 5.99. The molecule has 2 heterocycles. The Kier molecular flexibility index (Phi) is 7.36. The predicted octanol–water partition coefficient (Wildman–Crippen LogP) is 1.25. The molecule has 0 aliphatic carbocycles. The first kappa shape index (κ1) is 23.8. The van der Waals surface area contributed by atoms with Crippen LogP contribution < -0.4 is 5.32 Å². The van der Waals surface area contributed by atoms with E-state index in [-0.39, 0.29) is 29.5 Å². The Morgan fingerprint density at radius 2 is 1.52 bits per heavy atom. The number of likely N-dealkylation sites (tertiary alicyclic amines) is 1. The molecule has 1 atom stereocenters. The number of ether oxygens (including phenoxy) is 4. The van der Waals surface area contributed by atoms with Crippen molar-refractivity contribution >= 4 is 35.7 Å². The maximum absolute atomic E-state index is 12.8. The lowest BCUT2D eigenvalue weighted by Gasteiger charge is -2.37. The molecule has 2 aliphatic heterocycles. The van der Waals surface area contributed by atoms with Crippen molar-refractivity contribution in [3.8, 4) is 0 Å². The van der Waals surface area contributed by atoms with Crippen LogP contribution >= 0.6 is 0 Å². The highest BCUT2D eigenvalue weighted by Crippen LogP contribution is 2.25. The van der Waals surface area contributed by atoms with Crippen LogP contribution in [0.5, 0.6) is 0 Å². The molecule has 3 amide bonds. The summed E-state index contributed by atoms with van der Waals surface area (Å²) in [6.07, 6.45) is 0.292. The average Bonchev–Trinajstić information content (AvgIpc) is 3.23. The molecule has 0 radical (unpaired) electrons. The van der Waals surface area contributed by atoms with Crippen molar-refractivity contribution in [3.05, 3.63) is 29.3 Å². The zero-order chi connectivity index (χ0) is 24.1. The van der Waals surface area contributed by atoms with E-state index in [0.29, 0.717) is 25.9 Å². The molecule has 0 saturated carbocycles. The molecule has 0 bridgehead atoms. The topological polar surface area (TPSA) is 141 Å². The summed E-state index contributed by atoms with van der Waals surface area (Å²) in [5.74, 6) is -1.89. The van der Waals surface area contributed by atoms with E-state index in [0.717, 1.165) is 0 Å². The molecular formula is C21H25N3O9. The van der Waals surface area contributed by atoms with Gasteiger partial charge in [0.25, 0.3) is 0 Å². The van der Waals surface area contributed by atoms with Crippen molar-refractivity contribution in [3.63, 3.8) is 0 Å². The minimum Gasteiger partial charge on any atom is -0.467 e. The molecule has 178 valence electrons. The van der Waals surface area contributed by atoms with Crippen molar-refractivity contribution in [2.24, 2.45) is 0 Å². The fourth-order valence-electron chi connectivity index (χ4n) is 3.87. The number of piperidine rings is 1. The monoisotopic (exact) mass is 463 g/mol. The first-order valence-electron chi connectivity index (χ1n) is 10.2. The molecule has 3 rings (SSSR count). The summed E-state index contributed by atoms with van der Waals surface area (Å²) in [6, 6.07) is 2.58. The first-order valence-corrected chi connectivity index (χ1v) is 10.2. The van der Waals surface area contributed by atoms with E-state index >= 15 is 0 Å². The summed E-state index contributed by atoms with van der Waals surface area (Å²) in [5, 5.41) is 2.67. The number of nitrogens with zero attached hydrogens (tertiary/aromatic N) is 2. The summed E-state index contributed by atoms with van der Waals surface area (Å²) in [7, 11) is 3.66. The first-order chi connectivity index (χ1) is 15.8. The van der Waals surface area contributed by atoms with Crippen LogP contribution in [0.4, 0.5) is 15.3 Å². The van der Waals surface area contributed by atoms with Crippen LogP contribution in [-0.4, -0.2) is 92.9 Å². The smallest absolute Gasteiger partial charge is 0.410 e. The SMILES string of the molecule is COC(=O)c1cc(NC(=O)N2CCC(N3C(=O)OC[C@H]3C(=O)OC)CC2)cc(C(=O)OC)c1. The quantitative estimate of drug-likeness (QED) is 0.504. The third-order valence-corrected chi connectivity index (χ3v) is 5.56. The number of carbonyl (C=O) groups excluding carboxylic acids is 5. The van der Waals surface area contributed by atoms with Gasteiger partial charge in [-0.3, -0.25) is 4.90 Å². The van der Waals surface area contributed by atoms with Gasteiger partial charge in [-0.25, -0.2) is 24.0 Å². The summed E-state index contributed by atoms with van der Waals surface area (Å²) in [4.78, 5) is 63.6. The maximum Gasteiger partial charge on any atom is 0.410 e. The van der Waals surface area contributed by atoms with Gasteiger partial charge in [0, 0.05) is 24.8 Å². The van der Waals surface area contributed by atoms with E-state index in [1.807, 2.05) is 0 Å². The lowest BCUT2D eigenvalue weighted by molar-refractivity contribution is -0.145. The molecule has 2 aliphatic rings. The van der Waals surface area contributed by atoms with E-state index in [9.17, 15) is 24.0 Å². The molecular weight excluding hydrogens is 438 g/mol. The van der Waals surface area contributed by atoms with Gasteiger partial charge in [0.1, 0.15) is 6.61 Å². The van der Waals surface area contributed by atoms with Gasteiger partial charge in [0.05, 0.1) is 32.5 Å². The number of benzene rings is 1. The van der Waals surface area contributed by atoms with Gasteiger partial charge >= 0.3 is 30.0 Å². The minimum atomic E-state index is -0.800. The molecule has 0 aromatic heterocycles. The standard InChI is InChI=1S/C21H25N3O9/c1-30-17(25)12-8-13(18(26)31-2)10-14(9-12)22-20(28)23-6-4-15(5-7-23)24-16(19(27)32-3)11-33-21(24)29/h8-10,15-16H,4-7,11H2,1-3H3,(H,22,28)/t16-/m0/s1. The zero-order valence-electron chi connectivity index (χ0n) is 18.5. The van der Waals surface area contributed by atoms with Crippen LogP contribution in [0.3, 0.4) is 0 Å². The van der Waals surface area contributed by atoms with Crippen molar-refractivity contribution in [1.29, 1.82) is 0 Å². The molecule has 2 fully saturated rings. The second kappa shape index (κ2) is 10.2. The Labute approximate surface area is 189 Å². The summed E-state index contributed by atoms with van der Waals surface area (Å²) >= 11 is 0. The van der Waals surface area contributed by atoms with Gasteiger partial charge in [-0.05, 0) is 31.0 Å². The summed E-state index contributed by atoms with van der Waals surface area (Å²) in [5.41, 5.74) is 0.380. The van der Waals surface area contributed by atoms with Gasteiger partial charge in [-0.1, -0.05) is 0 Å². The van der Waals surface area contributed by atoms with Crippen molar-refractivity contribution in [2.45, 2.75) is 24.9 Å². The Balaban J connectivity index is 1.67. The maximum atomic E-state index is 12.8. The average molecular weight is 463 g/mol. The number of esters is 3. The van der Waals surface area contributed by atoms with Crippen molar-refractivity contribution < 1.29 is 42.9 Å². The van der Waals surface area contributed by atoms with Crippen LogP contribution in [-0.2, 0) is 23.7 Å². The number of anilines is 1. The molecule has 2 saturated heterocycles. The lowest BCUT2D eigenvalue weighted by Crippen LogP contribution is -2.52. The molecule has 0 spiro atoms. The van der Waals surface area contributed by atoms with Gasteiger partial charge in [-0.2, -0.15) is 0 Å². The van der Waals surface area contributed by atoms with Crippen LogP contribution in [0.1, 0.15) is 33.6 Å². The molecule has 12 heteroatoms. The third-order valence-electron chi connectivity index (χ3n) is 5.56. The van der Waals surface area contributed by atoms with E-state index in [2.05, 4.69) is 5.32 Å². The van der Waals surface area contributed by atoms with Crippen LogP contribution in [0.25, 0.3) is 0 Å². The lowest BCUT2D eigenvalue weighted by atomic mass is 10.0. The number of nitrogens with one attached hydrogen (secondary N) is 1. The van der Waals surface area contributed by atoms with Gasteiger partial charge in [0.15, 0.2) is 6.04 Å².